The first-order chi connectivity index (χ1) is 15.8. The molecule has 9 heteroatoms. The zero-order valence-electron chi connectivity index (χ0n) is 18.8. The molecule has 0 fully saturated rings. The number of carbonyl (C=O) groups excluding carboxylic acids is 3. The topological polar surface area (TPSA) is 109 Å². The standard InChI is InChI=1S/C24H26N6O3/c1-16-7-9-17(10-8-16)13-27-23(33)24(2)15-30-20(22(32)29(24)3)12-19(28-30)21(31)26-14-18-6-4-5-11-25-18/h4-12H,13-15H2,1-3H3,(H,26,31)(H,27,33)/t24-/m0/s1. The van der Waals surface area contributed by atoms with Gasteiger partial charge in [-0.25, -0.2) is 0 Å². The zero-order valence-corrected chi connectivity index (χ0v) is 18.8. The van der Waals surface area contributed by atoms with Crippen LogP contribution >= 0.6 is 0 Å². The van der Waals surface area contributed by atoms with Gasteiger partial charge in [0.05, 0.1) is 18.8 Å². The van der Waals surface area contributed by atoms with Gasteiger partial charge >= 0.3 is 0 Å². The Kier molecular flexibility index (Phi) is 5.95. The molecule has 0 spiro atoms. The van der Waals surface area contributed by atoms with Gasteiger partial charge in [0.1, 0.15) is 11.2 Å². The third kappa shape index (κ3) is 4.48. The van der Waals surface area contributed by atoms with Gasteiger partial charge in [0.25, 0.3) is 11.8 Å². The van der Waals surface area contributed by atoms with Crippen molar-refractivity contribution in [2.24, 2.45) is 0 Å². The maximum Gasteiger partial charge on any atom is 0.272 e. The van der Waals surface area contributed by atoms with E-state index in [1.165, 1.54) is 15.6 Å². The van der Waals surface area contributed by atoms with E-state index in [9.17, 15) is 14.4 Å². The minimum absolute atomic E-state index is 0.118. The van der Waals surface area contributed by atoms with E-state index < -0.39 is 11.4 Å². The fraction of sp³-hybridized carbons (Fsp3) is 0.292. The van der Waals surface area contributed by atoms with Crippen LogP contribution in [0, 0.1) is 6.92 Å². The Labute approximate surface area is 191 Å². The highest BCUT2D eigenvalue weighted by Gasteiger charge is 2.46. The summed E-state index contributed by atoms with van der Waals surface area (Å²) < 4.78 is 1.43. The molecule has 1 atom stereocenters. The SMILES string of the molecule is Cc1ccc(CNC(=O)[C@]2(C)Cn3nc(C(=O)NCc4ccccn4)cc3C(=O)N2C)cc1. The molecule has 0 aliphatic carbocycles. The Balaban J connectivity index is 1.47. The highest BCUT2D eigenvalue weighted by atomic mass is 16.2. The van der Waals surface area contributed by atoms with Crippen LogP contribution in [0.2, 0.25) is 0 Å². The summed E-state index contributed by atoms with van der Waals surface area (Å²) in [7, 11) is 1.59. The molecular formula is C24H26N6O3. The first-order valence-corrected chi connectivity index (χ1v) is 10.7. The summed E-state index contributed by atoms with van der Waals surface area (Å²) in [6.07, 6.45) is 1.65. The number of aryl methyl sites for hydroxylation is 1. The predicted octanol–water partition coefficient (Wildman–Crippen LogP) is 1.68. The van der Waals surface area contributed by atoms with Gasteiger partial charge in [-0.2, -0.15) is 5.10 Å². The molecule has 3 amide bonds. The van der Waals surface area contributed by atoms with Crippen LogP contribution in [0.5, 0.6) is 0 Å². The van der Waals surface area contributed by atoms with E-state index in [-0.39, 0.29) is 36.3 Å². The molecule has 3 aromatic rings. The van der Waals surface area contributed by atoms with Crippen molar-refractivity contribution in [3.63, 3.8) is 0 Å². The molecule has 1 aliphatic heterocycles. The van der Waals surface area contributed by atoms with Gasteiger partial charge in [-0.3, -0.25) is 24.0 Å². The number of benzene rings is 1. The van der Waals surface area contributed by atoms with Crippen LogP contribution in [0.25, 0.3) is 0 Å². The molecule has 0 radical (unpaired) electrons. The van der Waals surface area contributed by atoms with Crippen molar-refractivity contribution in [1.82, 2.24) is 30.3 Å². The molecule has 0 saturated heterocycles. The summed E-state index contributed by atoms with van der Waals surface area (Å²) in [4.78, 5) is 44.3. The average molecular weight is 447 g/mol. The second-order valence-electron chi connectivity index (χ2n) is 8.38. The number of hydrogen-bond donors (Lipinski definition) is 2. The second kappa shape index (κ2) is 8.85. The van der Waals surface area contributed by atoms with Crippen LogP contribution in [-0.2, 0) is 24.4 Å². The smallest absolute Gasteiger partial charge is 0.272 e. The van der Waals surface area contributed by atoms with Gasteiger partial charge in [0.15, 0.2) is 5.69 Å². The molecule has 2 aromatic heterocycles. The maximum absolute atomic E-state index is 13.1. The Morgan fingerprint density at radius 3 is 2.55 bits per heavy atom. The third-order valence-electron chi connectivity index (χ3n) is 5.95. The van der Waals surface area contributed by atoms with E-state index >= 15 is 0 Å². The van der Waals surface area contributed by atoms with Crippen LogP contribution in [0.4, 0.5) is 0 Å². The summed E-state index contributed by atoms with van der Waals surface area (Å²) in [6.45, 7) is 4.43. The molecule has 170 valence electrons. The highest BCUT2D eigenvalue weighted by molar-refractivity contribution is 6.01. The lowest BCUT2D eigenvalue weighted by Gasteiger charge is -2.40. The fourth-order valence-corrected chi connectivity index (χ4v) is 3.68. The van der Waals surface area contributed by atoms with Crippen molar-refractivity contribution in [2.45, 2.75) is 39.0 Å². The Morgan fingerprint density at radius 1 is 1.09 bits per heavy atom. The minimum Gasteiger partial charge on any atom is -0.350 e. The normalized spacial score (nSPS) is 17.4. The number of pyridine rings is 1. The van der Waals surface area contributed by atoms with E-state index in [1.54, 1.807) is 32.3 Å². The van der Waals surface area contributed by atoms with Crippen LogP contribution in [0.3, 0.4) is 0 Å². The summed E-state index contributed by atoms with van der Waals surface area (Å²) in [5.74, 6) is -1.07. The van der Waals surface area contributed by atoms with Crippen molar-refractivity contribution in [3.8, 4) is 0 Å². The van der Waals surface area contributed by atoms with Crippen molar-refractivity contribution in [1.29, 1.82) is 0 Å². The van der Waals surface area contributed by atoms with Crippen molar-refractivity contribution in [3.05, 3.63) is 82.9 Å². The van der Waals surface area contributed by atoms with E-state index in [2.05, 4.69) is 20.7 Å². The molecule has 0 unspecified atom stereocenters. The molecule has 3 heterocycles. The lowest BCUT2D eigenvalue weighted by molar-refractivity contribution is -0.132. The number of nitrogens with one attached hydrogen (secondary N) is 2. The van der Waals surface area contributed by atoms with E-state index in [0.717, 1.165) is 11.1 Å². The number of hydrogen-bond acceptors (Lipinski definition) is 5. The molecule has 4 rings (SSSR count). The number of carbonyl (C=O) groups is 3. The summed E-state index contributed by atoms with van der Waals surface area (Å²) in [5.41, 5.74) is 2.05. The summed E-state index contributed by atoms with van der Waals surface area (Å²) in [5, 5.41) is 9.98. The average Bonchev–Trinajstić information content (AvgIpc) is 3.25. The number of aromatic nitrogens is 3. The van der Waals surface area contributed by atoms with Crippen molar-refractivity contribution >= 4 is 17.7 Å². The molecule has 1 aliphatic rings. The van der Waals surface area contributed by atoms with Crippen LogP contribution < -0.4 is 10.6 Å². The minimum atomic E-state index is -1.15. The molecule has 0 bridgehead atoms. The third-order valence-corrected chi connectivity index (χ3v) is 5.95. The van der Waals surface area contributed by atoms with Gasteiger partial charge < -0.3 is 15.5 Å². The number of fused-ring (bicyclic) bond motifs is 1. The number of amides is 3. The lowest BCUT2D eigenvalue weighted by atomic mass is 9.95. The first kappa shape index (κ1) is 22.2. The highest BCUT2D eigenvalue weighted by Crippen LogP contribution is 2.26. The number of rotatable bonds is 6. The fourth-order valence-electron chi connectivity index (χ4n) is 3.68. The Morgan fingerprint density at radius 2 is 1.85 bits per heavy atom. The lowest BCUT2D eigenvalue weighted by Crippen LogP contribution is -2.62. The van der Waals surface area contributed by atoms with Crippen LogP contribution in [0.15, 0.2) is 54.7 Å². The molecule has 0 saturated carbocycles. The molecule has 1 aromatic carbocycles. The first-order valence-electron chi connectivity index (χ1n) is 10.7. The Bertz CT molecular complexity index is 1190. The van der Waals surface area contributed by atoms with E-state index in [0.29, 0.717) is 12.2 Å². The number of nitrogens with zero attached hydrogens (tertiary/aromatic N) is 4. The quantitative estimate of drug-likeness (QED) is 0.599. The van der Waals surface area contributed by atoms with Gasteiger partial charge in [-0.1, -0.05) is 35.9 Å². The van der Waals surface area contributed by atoms with E-state index in [1.807, 2.05) is 37.3 Å². The maximum atomic E-state index is 13.1. The largest absolute Gasteiger partial charge is 0.350 e. The van der Waals surface area contributed by atoms with Gasteiger partial charge in [0.2, 0.25) is 5.91 Å². The number of likely N-dealkylation sites (N-methyl/N-ethyl adjacent to an activating group) is 1. The molecule has 33 heavy (non-hydrogen) atoms. The second-order valence-corrected chi connectivity index (χ2v) is 8.38. The molecular weight excluding hydrogens is 420 g/mol. The zero-order chi connectivity index (χ0) is 23.6. The van der Waals surface area contributed by atoms with Crippen molar-refractivity contribution < 1.29 is 14.4 Å². The molecule has 2 N–H and O–H groups in total. The van der Waals surface area contributed by atoms with Crippen LogP contribution in [0.1, 0.15) is 44.7 Å². The summed E-state index contributed by atoms with van der Waals surface area (Å²) >= 11 is 0. The van der Waals surface area contributed by atoms with E-state index in [4.69, 9.17) is 0 Å². The predicted molar refractivity (Wildman–Crippen MR) is 121 cm³/mol. The van der Waals surface area contributed by atoms with Crippen molar-refractivity contribution in [2.75, 3.05) is 7.05 Å². The van der Waals surface area contributed by atoms with Gasteiger partial charge in [-0.15, -0.1) is 0 Å². The van der Waals surface area contributed by atoms with Gasteiger partial charge in [-0.05, 0) is 31.5 Å². The monoisotopic (exact) mass is 446 g/mol. The summed E-state index contributed by atoms with van der Waals surface area (Å²) in [6, 6.07) is 14.8. The van der Waals surface area contributed by atoms with Gasteiger partial charge in [0, 0.05) is 25.9 Å². The Hall–Kier alpha value is -4.01. The molecule has 9 nitrogen and oxygen atoms in total. The van der Waals surface area contributed by atoms with Crippen LogP contribution in [-0.4, -0.2) is 50.0 Å².